The van der Waals surface area contributed by atoms with Gasteiger partial charge in [-0.15, -0.1) is 0 Å². The monoisotopic (exact) mass is 182 g/mol. The highest BCUT2D eigenvalue weighted by Crippen LogP contribution is 2.22. The zero-order valence-corrected chi connectivity index (χ0v) is 8.54. The number of benzene rings is 1. The van der Waals surface area contributed by atoms with Crippen LogP contribution < -0.4 is 0 Å². The van der Waals surface area contributed by atoms with Crippen molar-refractivity contribution in [3.63, 3.8) is 0 Å². The van der Waals surface area contributed by atoms with Crippen LogP contribution in [-0.4, -0.2) is 10.2 Å². The minimum absolute atomic E-state index is 0.214. The topological polar surface area (TPSA) is 40.5 Å². The fraction of sp³-hybridized carbons (Fsp3) is 0.455. The van der Waals surface area contributed by atoms with Gasteiger partial charge in [-0.05, 0) is 30.2 Å². The third kappa shape index (κ3) is 3.83. The first-order valence-electron chi connectivity index (χ1n) is 4.75. The van der Waals surface area contributed by atoms with Gasteiger partial charge in [-0.1, -0.05) is 27.2 Å². The highest BCUT2D eigenvalue weighted by molar-refractivity contribution is 5.38. The van der Waals surface area contributed by atoms with Gasteiger partial charge in [-0.2, -0.15) is 0 Å². The standard InChI is InChI=1S/C9H12O2.C2H6/c1-2-3-7-6-8(10)4-5-9(7)11;1-2/h4-6,10-11H,2-3H2,1H3;1-2H3. The summed E-state index contributed by atoms with van der Waals surface area (Å²) in [4.78, 5) is 0. The van der Waals surface area contributed by atoms with Crippen LogP contribution in [-0.2, 0) is 6.42 Å². The van der Waals surface area contributed by atoms with E-state index in [0.29, 0.717) is 0 Å². The molecule has 0 aliphatic carbocycles. The number of hydrogen-bond donors (Lipinski definition) is 2. The van der Waals surface area contributed by atoms with Crippen LogP contribution in [0.5, 0.6) is 11.5 Å². The Labute approximate surface area is 79.9 Å². The van der Waals surface area contributed by atoms with E-state index in [1.54, 1.807) is 6.07 Å². The predicted octanol–water partition coefficient (Wildman–Crippen LogP) is 3.08. The van der Waals surface area contributed by atoms with Crippen molar-refractivity contribution in [2.24, 2.45) is 0 Å². The summed E-state index contributed by atoms with van der Waals surface area (Å²) in [6.07, 6.45) is 1.78. The molecule has 0 atom stereocenters. The number of phenols is 2. The molecule has 0 bridgehead atoms. The molecular weight excluding hydrogens is 164 g/mol. The summed E-state index contributed by atoms with van der Waals surface area (Å²) in [7, 11) is 0. The molecular formula is C11H18O2. The molecule has 0 saturated carbocycles. The SMILES string of the molecule is CC.CCCc1cc(O)ccc1O. The first-order chi connectivity index (χ1) is 6.24. The Morgan fingerprint density at radius 3 is 2.31 bits per heavy atom. The van der Waals surface area contributed by atoms with Gasteiger partial charge in [0, 0.05) is 0 Å². The Balaban J connectivity index is 0.000000671. The molecule has 2 nitrogen and oxygen atoms in total. The van der Waals surface area contributed by atoms with Crippen molar-refractivity contribution in [1.82, 2.24) is 0 Å². The van der Waals surface area contributed by atoms with E-state index in [1.807, 2.05) is 20.8 Å². The second-order valence-electron chi connectivity index (χ2n) is 2.56. The Morgan fingerprint density at radius 1 is 1.15 bits per heavy atom. The van der Waals surface area contributed by atoms with Crippen molar-refractivity contribution in [2.75, 3.05) is 0 Å². The van der Waals surface area contributed by atoms with Gasteiger partial charge in [0.15, 0.2) is 0 Å². The molecule has 0 heterocycles. The van der Waals surface area contributed by atoms with E-state index in [1.165, 1.54) is 12.1 Å². The fourth-order valence-corrected chi connectivity index (χ4v) is 1.04. The number of phenolic OH excluding ortho intramolecular Hbond substituents is 2. The van der Waals surface area contributed by atoms with Gasteiger partial charge in [0.2, 0.25) is 0 Å². The van der Waals surface area contributed by atoms with Crippen LogP contribution >= 0.6 is 0 Å². The minimum atomic E-state index is 0.214. The second-order valence-corrected chi connectivity index (χ2v) is 2.56. The number of aromatic hydroxyl groups is 2. The molecule has 0 aliphatic heterocycles. The van der Waals surface area contributed by atoms with Crippen molar-refractivity contribution in [2.45, 2.75) is 33.6 Å². The molecule has 1 aromatic rings. The van der Waals surface area contributed by atoms with Gasteiger partial charge in [0.05, 0.1) is 0 Å². The average molecular weight is 182 g/mol. The molecule has 0 saturated heterocycles. The quantitative estimate of drug-likeness (QED) is 0.690. The van der Waals surface area contributed by atoms with Crippen molar-refractivity contribution in [3.05, 3.63) is 23.8 Å². The van der Waals surface area contributed by atoms with Crippen molar-refractivity contribution in [3.8, 4) is 11.5 Å². The summed E-state index contributed by atoms with van der Waals surface area (Å²) < 4.78 is 0. The summed E-state index contributed by atoms with van der Waals surface area (Å²) in [5, 5.41) is 18.3. The van der Waals surface area contributed by atoms with E-state index in [2.05, 4.69) is 0 Å². The zero-order valence-electron chi connectivity index (χ0n) is 8.54. The first kappa shape index (κ1) is 11.8. The molecule has 0 aromatic heterocycles. The zero-order chi connectivity index (χ0) is 10.3. The highest BCUT2D eigenvalue weighted by Gasteiger charge is 1.99. The summed E-state index contributed by atoms with van der Waals surface area (Å²) in [6, 6.07) is 4.59. The molecule has 0 radical (unpaired) electrons. The van der Waals surface area contributed by atoms with Gasteiger partial charge < -0.3 is 10.2 Å². The maximum Gasteiger partial charge on any atom is 0.119 e. The van der Waals surface area contributed by atoms with Crippen LogP contribution in [0.15, 0.2) is 18.2 Å². The Hall–Kier alpha value is -1.18. The van der Waals surface area contributed by atoms with E-state index in [4.69, 9.17) is 5.11 Å². The first-order valence-corrected chi connectivity index (χ1v) is 4.75. The van der Waals surface area contributed by atoms with Crippen molar-refractivity contribution in [1.29, 1.82) is 0 Å². The van der Waals surface area contributed by atoms with Gasteiger partial charge in [-0.25, -0.2) is 0 Å². The summed E-state index contributed by atoms with van der Waals surface area (Å²) in [5.41, 5.74) is 0.813. The Bertz CT molecular complexity index is 244. The van der Waals surface area contributed by atoms with Crippen LogP contribution in [0, 0.1) is 0 Å². The Morgan fingerprint density at radius 2 is 1.77 bits per heavy atom. The molecule has 0 spiro atoms. The summed E-state index contributed by atoms with van der Waals surface area (Å²) in [6.45, 7) is 6.03. The lowest BCUT2D eigenvalue weighted by Crippen LogP contribution is -1.82. The number of aryl methyl sites for hydroxylation is 1. The summed E-state index contributed by atoms with van der Waals surface area (Å²) >= 11 is 0. The lowest BCUT2D eigenvalue weighted by molar-refractivity contribution is 0.453. The number of hydrogen-bond acceptors (Lipinski definition) is 2. The van der Waals surface area contributed by atoms with Crippen LogP contribution in [0.2, 0.25) is 0 Å². The second kappa shape index (κ2) is 6.35. The van der Waals surface area contributed by atoms with Gasteiger partial charge in [0.25, 0.3) is 0 Å². The molecule has 13 heavy (non-hydrogen) atoms. The van der Waals surface area contributed by atoms with Crippen LogP contribution in [0.4, 0.5) is 0 Å². The maximum absolute atomic E-state index is 9.25. The lowest BCUT2D eigenvalue weighted by Gasteiger charge is -2.02. The van der Waals surface area contributed by atoms with Crippen LogP contribution in [0.1, 0.15) is 32.8 Å². The van der Waals surface area contributed by atoms with E-state index in [9.17, 15) is 5.11 Å². The van der Waals surface area contributed by atoms with Gasteiger partial charge in [-0.3, -0.25) is 0 Å². The van der Waals surface area contributed by atoms with E-state index < -0.39 is 0 Å². The minimum Gasteiger partial charge on any atom is -0.508 e. The van der Waals surface area contributed by atoms with Crippen LogP contribution in [0.3, 0.4) is 0 Å². The normalized spacial score (nSPS) is 8.85. The molecule has 0 unspecified atom stereocenters. The molecule has 1 aromatic carbocycles. The Kier molecular flexibility index (Phi) is 5.77. The molecule has 2 N–H and O–H groups in total. The summed E-state index contributed by atoms with van der Waals surface area (Å²) in [5.74, 6) is 0.482. The van der Waals surface area contributed by atoms with Crippen molar-refractivity contribution >= 4 is 0 Å². The molecule has 74 valence electrons. The fourth-order valence-electron chi connectivity index (χ4n) is 1.04. The molecule has 2 heteroatoms. The van der Waals surface area contributed by atoms with Gasteiger partial charge >= 0.3 is 0 Å². The maximum atomic E-state index is 9.25. The smallest absolute Gasteiger partial charge is 0.119 e. The van der Waals surface area contributed by atoms with E-state index in [0.717, 1.165) is 18.4 Å². The van der Waals surface area contributed by atoms with E-state index >= 15 is 0 Å². The molecule has 0 aliphatic rings. The third-order valence-electron chi connectivity index (χ3n) is 1.58. The highest BCUT2D eigenvalue weighted by atomic mass is 16.3. The average Bonchev–Trinajstić information content (AvgIpc) is 2.15. The lowest BCUT2D eigenvalue weighted by atomic mass is 10.1. The number of rotatable bonds is 2. The van der Waals surface area contributed by atoms with Crippen LogP contribution in [0.25, 0.3) is 0 Å². The predicted molar refractivity (Wildman–Crippen MR) is 55.1 cm³/mol. The molecule has 0 fully saturated rings. The largest absolute Gasteiger partial charge is 0.508 e. The molecule has 1 rings (SSSR count). The van der Waals surface area contributed by atoms with E-state index in [-0.39, 0.29) is 11.5 Å². The third-order valence-corrected chi connectivity index (χ3v) is 1.58. The molecule has 0 amide bonds. The van der Waals surface area contributed by atoms with Crippen molar-refractivity contribution < 1.29 is 10.2 Å². The van der Waals surface area contributed by atoms with Gasteiger partial charge in [0.1, 0.15) is 11.5 Å².